The van der Waals surface area contributed by atoms with Gasteiger partial charge < -0.3 is 9.47 Å². The molecule has 0 saturated heterocycles. The number of halogens is 1. The summed E-state index contributed by atoms with van der Waals surface area (Å²) in [6.07, 6.45) is -0.384. The van der Waals surface area contributed by atoms with Crippen molar-refractivity contribution in [3.05, 3.63) is 47.8 Å². The average Bonchev–Trinajstić information content (AvgIpc) is 3.64. The van der Waals surface area contributed by atoms with Gasteiger partial charge in [0.1, 0.15) is 23.3 Å². The fraction of sp³-hybridized carbons (Fsp3) is 0.458. The zero-order chi connectivity index (χ0) is 27.2. The second-order valence-electron chi connectivity index (χ2n) is 10.1. The summed E-state index contributed by atoms with van der Waals surface area (Å²) in [5, 5.41) is 2.14. The predicted molar refractivity (Wildman–Crippen MR) is 136 cm³/mol. The second-order valence-corrected chi connectivity index (χ2v) is 14.0. The Morgan fingerprint density at radius 3 is 2.46 bits per heavy atom. The number of rotatable bonds is 7. The van der Waals surface area contributed by atoms with Crippen LogP contribution in [-0.4, -0.2) is 53.0 Å². The molecule has 2 aromatic rings. The first-order valence-corrected chi connectivity index (χ1v) is 14.7. The van der Waals surface area contributed by atoms with Gasteiger partial charge in [-0.05, 0) is 82.5 Å². The van der Waals surface area contributed by atoms with E-state index in [2.05, 4.69) is 10.0 Å². The zero-order valence-corrected chi connectivity index (χ0v) is 22.6. The van der Waals surface area contributed by atoms with Gasteiger partial charge in [-0.25, -0.2) is 30.7 Å². The Morgan fingerprint density at radius 2 is 1.84 bits per heavy atom. The van der Waals surface area contributed by atoms with Gasteiger partial charge >= 0.3 is 6.09 Å². The van der Waals surface area contributed by atoms with Crippen LogP contribution in [0.25, 0.3) is 0 Å². The first-order valence-electron chi connectivity index (χ1n) is 11.7. The predicted octanol–water partition coefficient (Wildman–Crippen LogP) is 3.52. The smallest absolute Gasteiger partial charge is 0.412 e. The molecule has 1 fully saturated rings. The van der Waals surface area contributed by atoms with Gasteiger partial charge in [-0.2, -0.15) is 0 Å². The zero-order valence-electron chi connectivity index (χ0n) is 20.9. The largest absolute Gasteiger partial charge is 0.485 e. The minimum Gasteiger partial charge on any atom is -0.485 e. The highest BCUT2D eigenvalue weighted by atomic mass is 32.2. The molecule has 1 aliphatic carbocycles. The van der Waals surface area contributed by atoms with Crippen LogP contribution in [0.4, 0.5) is 20.6 Å². The number of ether oxygens (including phenoxy) is 2. The molecule has 2 aromatic carbocycles. The van der Waals surface area contributed by atoms with Crippen LogP contribution in [0.5, 0.6) is 5.75 Å². The number of hydrogen-bond acceptors (Lipinski definition) is 7. The minimum atomic E-state index is -4.21. The van der Waals surface area contributed by atoms with E-state index >= 15 is 0 Å². The van der Waals surface area contributed by atoms with E-state index in [1.807, 2.05) is 0 Å². The Balaban J connectivity index is 1.67. The molecule has 4 rings (SSSR count). The van der Waals surface area contributed by atoms with Crippen LogP contribution >= 0.6 is 0 Å². The topological polar surface area (TPSA) is 131 Å². The number of nitrogens with zero attached hydrogens (tertiary/aromatic N) is 1. The maximum Gasteiger partial charge on any atom is 0.412 e. The minimum absolute atomic E-state index is 0.134. The molecule has 0 aromatic heterocycles. The average molecular weight is 556 g/mol. The van der Waals surface area contributed by atoms with Crippen molar-refractivity contribution in [1.29, 1.82) is 0 Å². The van der Waals surface area contributed by atoms with Crippen LogP contribution < -0.4 is 19.1 Å². The highest BCUT2D eigenvalue weighted by Crippen LogP contribution is 2.39. The molecule has 1 saturated carbocycles. The normalized spacial score (nSPS) is 18.1. The lowest BCUT2D eigenvalue weighted by molar-refractivity contribution is 0.0636. The summed E-state index contributed by atoms with van der Waals surface area (Å²) < 4.78 is 80.7. The number of anilines is 2. The molecule has 1 heterocycles. The summed E-state index contributed by atoms with van der Waals surface area (Å²) in [6, 6.07) is 7.91. The van der Waals surface area contributed by atoms with Crippen molar-refractivity contribution >= 4 is 37.5 Å². The molecule has 1 amide bonds. The molecule has 2 N–H and O–H groups in total. The molecular weight excluding hydrogens is 525 g/mol. The molecule has 1 atom stereocenters. The Morgan fingerprint density at radius 1 is 1.14 bits per heavy atom. The number of fused-ring (bicyclic) bond motifs is 1. The Hall–Kier alpha value is -2.90. The summed E-state index contributed by atoms with van der Waals surface area (Å²) in [5.41, 5.74) is -0.182. The highest BCUT2D eigenvalue weighted by molar-refractivity contribution is 7.92. The maximum absolute atomic E-state index is 13.9. The molecule has 0 bridgehead atoms. The Bertz CT molecular complexity index is 1420. The van der Waals surface area contributed by atoms with Crippen LogP contribution in [0.1, 0.15) is 39.2 Å². The number of hydrogen-bond donors (Lipinski definition) is 2. The standard InChI is InChI=1S/C24H30FN3O7S2/c1-15-11-19(8-9-20(15)25)37(32,33)28-14-17(13-26-36(30,31)18-6-7-18)34-22-10-5-16(12-21(22)28)27-23(29)35-24(2,3)4/h5,8-12,17-18,26H,6-7,13-14H2,1-4H3,(H,27,29)/t17-/m0/s1. The summed E-state index contributed by atoms with van der Waals surface area (Å²) >= 11 is 0. The van der Waals surface area contributed by atoms with E-state index in [9.17, 15) is 26.0 Å². The van der Waals surface area contributed by atoms with E-state index in [1.54, 1.807) is 20.8 Å². The number of amides is 1. The molecule has 0 unspecified atom stereocenters. The van der Waals surface area contributed by atoms with Gasteiger partial charge in [0.05, 0.1) is 22.4 Å². The number of carbonyl (C=O) groups excluding carboxylic acids is 1. The van der Waals surface area contributed by atoms with Crippen LogP contribution in [-0.2, 0) is 24.8 Å². The van der Waals surface area contributed by atoms with Crippen molar-refractivity contribution in [2.75, 3.05) is 22.7 Å². The van der Waals surface area contributed by atoms with Crippen molar-refractivity contribution < 1.29 is 35.5 Å². The van der Waals surface area contributed by atoms with Gasteiger partial charge in [-0.3, -0.25) is 9.62 Å². The van der Waals surface area contributed by atoms with Gasteiger partial charge in [0.2, 0.25) is 10.0 Å². The van der Waals surface area contributed by atoms with Crippen LogP contribution in [0.15, 0.2) is 41.3 Å². The quantitative estimate of drug-likeness (QED) is 0.534. The van der Waals surface area contributed by atoms with Crippen molar-refractivity contribution in [3.8, 4) is 5.75 Å². The summed E-state index contributed by atoms with van der Waals surface area (Å²) in [5.74, 6) is -0.364. The fourth-order valence-corrected chi connectivity index (χ4v) is 6.75. The van der Waals surface area contributed by atoms with Gasteiger partial charge in [0.25, 0.3) is 10.0 Å². The number of carbonyl (C=O) groups is 1. The number of benzene rings is 2. The van der Waals surface area contributed by atoms with E-state index in [1.165, 1.54) is 37.3 Å². The monoisotopic (exact) mass is 555 g/mol. The Kier molecular flexibility index (Phi) is 7.16. The third kappa shape index (κ3) is 6.33. The van der Waals surface area contributed by atoms with E-state index in [4.69, 9.17) is 9.47 Å². The molecule has 37 heavy (non-hydrogen) atoms. The van der Waals surface area contributed by atoms with E-state index in [-0.39, 0.29) is 40.7 Å². The van der Waals surface area contributed by atoms with Gasteiger partial charge in [0.15, 0.2) is 0 Å². The third-order valence-electron chi connectivity index (χ3n) is 5.73. The fourth-order valence-electron chi connectivity index (χ4n) is 3.76. The van der Waals surface area contributed by atoms with Crippen molar-refractivity contribution in [2.24, 2.45) is 0 Å². The maximum atomic E-state index is 13.9. The van der Waals surface area contributed by atoms with Gasteiger partial charge in [0, 0.05) is 12.2 Å². The van der Waals surface area contributed by atoms with E-state index < -0.39 is 48.9 Å². The number of aryl methyl sites for hydroxylation is 1. The van der Waals surface area contributed by atoms with Crippen molar-refractivity contribution in [1.82, 2.24) is 4.72 Å². The molecule has 0 radical (unpaired) electrons. The summed E-state index contributed by atoms with van der Waals surface area (Å²) in [7, 11) is -7.73. The first-order chi connectivity index (χ1) is 17.2. The molecule has 1 aliphatic heterocycles. The van der Waals surface area contributed by atoms with Crippen molar-refractivity contribution in [3.63, 3.8) is 0 Å². The lowest BCUT2D eigenvalue weighted by atomic mass is 10.2. The molecular formula is C24H30FN3O7S2. The van der Waals surface area contributed by atoms with Crippen molar-refractivity contribution in [2.45, 2.75) is 62.4 Å². The molecule has 2 aliphatic rings. The lowest BCUT2D eigenvalue weighted by Gasteiger charge is -2.36. The van der Waals surface area contributed by atoms with Gasteiger partial charge in [-0.1, -0.05) is 0 Å². The van der Waals surface area contributed by atoms with Crippen LogP contribution in [0, 0.1) is 12.7 Å². The molecule has 0 spiro atoms. The molecule has 10 nitrogen and oxygen atoms in total. The van der Waals surface area contributed by atoms with E-state index in [0.717, 1.165) is 10.4 Å². The molecule has 13 heteroatoms. The third-order valence-corrected chi connectivity index (χ3v) is 9.42. The van der Waals surface area contributed by atoms with Crippen LogP contribution in [0.2, 0.25) is 0 Å². The summed E-state index contributed by atoms with van der Waals surface area (Å²) in [4.78, 5) is 12.1. The van der Waals surface area contributed by atoms with Gasteiger partial charge in [-0.15, -0.1) is 0 Å². The highest BCUT2D eigenvalue weighted by Gasteiger charge is 2.39. The Labute approximate surface area is 216 Å². The van der Waals surface area contributed by atoms with Crippen LogP contribution in [0.3, 0.4) is 0 Å². The SMILES string of the molecule is Cc1cc(S(=O)(=O)N2C[C@H](CNS(=O)(=O)C3CC3)Oc3ccc(NC(=O)OC(C)(C)C)cc32)ccc1F. The first kappa shape index (κ1) is 27.1. The second kappa shape index (κ2) is 9.76. The van der Waals surface area contributed by atoms with E-state index in [0.29, 0.717) is 12.8 Å². The lowest BCUT2D eigenvalue weighted by Crippen LogP contribution is -2.48. The summed E-state index contributed by atoms with van der Waals surface area (Å²) in [6.45, 7) is 6.25. The molecule has 202 valence electrons. The number of sulfonamides is 2. The number of nitrogens with one attached hydrogen (secondary N) is 2.